The number of oxazole rings is 1. The molecule has 2 aromatic heterocycles. The minimum Gasteiger partial charge on any atom is -0.497 e. The molecule has 1 amide bonds. The highest BCUT2D eigenvalue weighted by atomic mass is 32.2. The smallest absolute Gasteiger partial charge is 0.339 e. The van der Waals surface area contributed by atoms with Gasteiger partial charge in [0.15, 0.2) is 0 Å². The van der Waals surface area contributed by atoms with Gasteiger partial charge >= 0.3 is 5.97 Å². The van der Waals surface area contributed by atoms with Crippen molar-refractivity contribution in [1.29, 1.82) is 0 Å². The van der Waals surface area contributed by atoms with E-state index in [9.17, 15) is 9.59 Å². The largest absolute Gasteiger partial charge is 0.497 e. The molecule has 2 heterocycles. The van der Waals surface area contributed by atoms with Gasteiger partial charge in [0.05, 0.1) is 23.3 Å². The zero-order valence-corrected chi connectivity index (χ0v) is 19.3. The standard InChI is InChI=1S/C24H20N2O5S2/c1-29-18-7-4-6-16(12-18)25-22(27)15-33-20-9-3-2-8-19(20)24(28)31-14-17-13-30-23(26-17)21-10-5-11-32-21/h2-13H,14-15H2,1H3,(H,25,27). The normalized spacial score (nSPS) is 10.6. The molecule has 4 rings (SSSR count). The summed E-state index contributed by atoms with van der Waals surface area (Å²) in [6.45, 7) is -0.0109. The molecule has 0 radical (unpaired) electrons. The molecule has 0 spiro atoms. The van der Waals surface area contributed by atoms with Gasteiger partial charge in [-0.15, -0.1) is 23.1 Å². The van der Waals surface area contributed by atoms with Crippen molar-refractivity contribution in [3.63, 3.8) is 0 Å². The second kappa shape index (κ2) is 10.8. The molecule has 0 saturated heterocycles. The molecule has 0 atom stereocenters. The van der Waals surface area contributed by atoms with E-state index in [0.29, 0.717) is 33.5 Å². The van der Waals surface area contributed by atoms with Crippen LogP contribution < -0.4 is 10.1 Å². The van der Waals surface area contributed by atoms with Crippen molar-refractivity contribution in [2.45, 2.75) is 11.5 Å². The Morgan fingerprint density at radius 3 is 2.82 bits per heavy atom. The SMILES string of the molecule is COc1cccc(NC(=O)CSc2ccccc2C(=O)OCc2coc(-c3cccs3)n2)c1. The Kier molecular flexibility index (Phi) is 7.43. The van der Waals surface area contributed by atoms with Crippen LogP contribution in [0.15, 0.2) is 81.6 Å². The van der Waals surface area contributed by atoms with Crippen molar-refractivity contribution < 1.29 is 23.5 Å². The van der Waals surface area contributed by atoms with E-state index in [-0.39, 0.29) is 18.3 Å². The maximum Gasteiger partial charge on any atom is 0.339 e. The van der Waals surface area contributed by atoms with Crippen LogP contribution in [0, 0.1) is 0 Å². The van der Waals surface area contributed by atoms with Gasteiger partial charge in [-0.05, 0) is 35.7 Å². The van der Waals surface area contributed by atoms with Gasteiger partial charge in [-0.2, -0.15) is 0 Å². The van der Waals surface area contributed by atoms with Crippen LogP contribution >= 0.6 is 23.1 Å². The number of ether oxygens (including phenoxy) is 2. The summed E-state index contributed by atoms with van der Waals surface area (Å²) in [5, 5.41) is 4.76. The Balaban J connectivity index is 1.33. The number of nitrogens with zero attached hydrogens (tertiary/aromatic N) is 1. The fourth-order valence-corrected chi connectivity index (χ4v) is 4.40. The van der Waals surface area contributed by atoms with Crippen LogP contribution in [0.3, 0.4) is 0 Å². The number of hydrogen-bond acceptors (Lipinski definition) is 8. The Morgan fingerprint density at radius 1 is 1.12 bits per heavy atom. The van der Waals surface area contributed by atoms with Crippen molar-refractivity contribution in [1.82, 2.24) is 4.98 Å². The molecule has 0 fully saturated rings. The topological polar surface area (TPSA) is 90.7 Å². The first-order valence-electron chi connectivity index (χ1n) is 9.93. The van der Waals surface area contributed by atoms with Crippen LogP contribution in [-0.4, -0.2) is 29.7 Å². The monoisotopic (exact) mass is 480 g/mol. The summed E-state index contributed by atoms with van der Waals surface area (Å²) in [4.78, 5) is 31.0. The van der Waals surface area contributed by atoms with Crippen molar-refractivity contribution >= 4 is 40.7 Å². The molecule has 0 aliphatic rings. The zero-order valence-electron chi connectivity index (χ0n) is 17.6. The van der Waals surface area contributed by atoms with E-state index in [1.807, 2.05) is 23.6 Å². The molecule has 9 heteroatoms. The highest BCUT2D eigenvalue weighted by Gasteiger charge is 2.16. The van der Waals surface area contributed by atoms with Crippen molar-refractivity contribution in [3.05, 3.63) is 83.6 Å². The molecule has 33 heavy (non-hydrogen) atoms. The highest BCUT2D eigenvalue weighted by molar-refractivity contribution is 8.00. The summed E-state index contributed by atoms with van der Waals surface area (Å²) in [5.41, 5.74) is 1.55. The number of carbonyl (C=O) groups excluding carboxylic acids is 2. The third-order valence-corrected chi connectivity index (χ3v) is 6.39. The Labute approximate surface area is 198 Å². The predicted octanol–water partition coefficient (Wildman–Crippen LogP) is 5.50. The number of hydrogen-bond donors (Lipinski definition) is 1. The summed E-state index contributed by atoms with van der Waals surface area (Å²) in [7, 11) is 1.57. The van der Waals surface area contributed by atoms with E-state index in [1.54, 1.807) is 49.6 Å². The number of amides is 1. The number of thiophene rings is 1. The first-order chi connectivity index (χ1) is 16.1. The van der Waals surface area contributed by atoms with E-state index in [2.05, 4.69) is 10.3 Å². The average molecular weight is 481 g/mol. The van der Waals surface area contributed by atoms with Crippen LogP contribution in [0.5, 0.6) is 5.75 Å². The second-order valence-corrected chi connectivity index (χ2v) is 8.73. The second-order valence-electron chi connectivity index (χ2n) is 6.76. The fourth-order valence-electron chi connectivity index (χ4n) is 2.91. The lowest BCUT2D eigenvalue weighted by Crippen LogP contribution is -2.14. The summed E-state index contributed by atoms with van der Waals surface area (Å²) in [5.74, 6) is 0.596. The number of anilines is 1. The quantitative estimate of drug-likeness (QED) is 0.250. The first-order valence-corrected chi connectivity index (χ1v) is 11.8. The molecule has 168 valence electrons. The van der Waals surface area contributed by atoms with Crippen molar-refractivity contribution in [2.24, 2.45) is 0 Å². The average Bonchev–Trinajstić information content (AvgIpc) is 3.54. The highest BCUT2D eigenvalue weighted by Crippen LogP contribution is 2.26. The van der Waals surface area contributed by atoms with E-state index in [4.69, 9.17) is 13.9 Å². The third-order valence-electron chi connectivity index (χ3n) is 4.45. The van der Waals surface area contributed by atoms with E-state index < -0.39 is 5.97 Å². The van der Waals surface area contributed by atoms with Crippen LogP contribution in [0.1, 0.15) is 16.1 Å². The third kappa shape index (κ3) is 6.03. The van der Waals surface area contributed by atoms with E-state index >= 15 is 0 Å². The van der Waals surface area contributed by atoms with Gasteiger partial charge in [-0.1, -0.05) is 24.3 Å². The number of thioether (sulfide) groups is 1. The van der Waals surface area contributed by atoms with Gasteiger partial charge in [0.25, 0.3) is 0 Å². The minimum atomic E-state index is -0.494. The summed E-state index contributed by atoms with van der Waals surface area (Å²) >= 11 is 2.78. The number of carbonyl (C=O) groups is 2. The minimum absolute atomic E-state index is 0.0109. The molecule has 1 N–H and O–H groups in total. The number of methoxy groups -OCH3 is 1. The lowest BCUT2D eigenvalue weighted by atomic mass is 10.2. The molecule has 7 nitrogen and oxygen atoms in total. The number of aromatic nitrogens is 1. The maximum absolute atomic E-state index is 12.7. The molecule has 2 aromatic carbocycles. The van der Waals surface area contributed by atoms with Gasteiger partial charge in [-0.3, -0.25) is 4.79 Å². The van der Waals surface area contributed by atoms with Gasteiger partial charge in [0.1, 0.15) is 24.3 Å². The molecular weight excluding hydrogens is 460 g/mol. The molecule has 0 saturated carbocycles. The van der Waals surface area contributed by atoms with Gasteiger partial charge in [-0.25, -0.2) is 9.78 Å². The lowest BCUT2D eigenvalue weighted by Gasteiger charge is -2.10. The maximum atomic E-state index is 12.7. The van der Waals surface area contributed by atoms with Crippen LogP contribution in [0.25, 0.3) is 10.8 Å². The molecule has 4 aromatic rings. The van der Waals surface area contributed by atoms with Gasteiger partial charge in [0, 0.05) is 16.6 Å². The molecule has 0 aliphatic heterocycles. The fraction of sp³-hybridized carbons (Fsp3) is 0.125. The molecule has 0 aliphatic carbocycles. The first kappa shape index (κ1) is 22.6. The summed E-state index contributed by atoms with van der Waals surface area (Å²) in [6, 6.07) is 18.0. The van der Waals surface area contributed by atoms with Gasteiger partial charge in [0.2, 0.25) is 11.8 Å². The number of rotatable bonds is 9. The Bertz CT molecular complexity index is 1240. The Hall–Kier alpha value is -3.56. The van der Waals surface area contributed by atoms with Crippen LogP contribution in [0.2, 0.25) is 0 Å². The molecule has 0 unspecified atom stereocenters. The number of esters is 1. The molecule has 0 bridgehead atoms. The van der Waals surface area contributed by atoms with Crippen molar-refractivity contribution in [2.75, 3.05) is 18.2 Å². The summed E-state index contributed by atoms with van der Waals surface area (Å²) < 4.78 is 16.0. The van der Waals surface area contributed by atoms with Crippen LogP contribution in [-0.2, 0) is 16.1 Å². The van der Waals surface area contributed by atoms with E-state index in [1.165, 1.54) is 29.4 Å². The van der Waals surface area contributed by atoms with Gasteiger partial charge < -0.3 is 19.2 Å². The zero-order chi connectivity index (χ0) is 23.0. The number of nitrogens with one attached hydrogen (secondary N) is 1. The lowest BCUT2D eigenvalue weighted by molar-refractivity contribution is -0.113. The Morgan fingerprint density at radius 2 is 2.00 bits per heavy atom. The van der Waals surface area contributed by atoms with Crippen molar-refractivity contribution in [3.8, 4) is 16.5 Å². The van der Waals surface area contributed by atoms with Crippen LogP contribution in [0.4, 0.5) is 5.69 Å². The molecular formula is C24H20N2O5S2. The summed E-state index contributed by atoms with van der Waals surface area (Å²) in [6.07, 6.45) is 1.48. The predicted molar refractivity (Wildman–Crippen MR) is 128 cm³/mol. The van der Waals surface area contributed by atoms with E-state index in [0.717, 1.165) is 4.88 Å². The number of benzene rings is 2.